The lowest BCUT2D eigenvalue weighted by Crippen LogP contribution is -2.43. The highest BCUT2D eigenvalue weighted by atomic mass is 16.7. The summed E-state index contributed by atoms with van der Waals surface area (Å²) in [5.41, 5.74) is 0. The number of carbonyl (C=O) groups excluding carboxylic acids is 1. The van der Waals surface area contributed by atoms with Crippen molar-refractivity contribution < 1.29 is 29.6 Å². The molecular weight excluding hydrogens is 182 g/mol. The van der Waals surface area contributed by atoms with Gasteiger partial charge in [0.15, 0.2) is 6.29 Å². The Hall–Kier alpha value is -0.730. The van der Waals surface area contributed by atoms with Gasteiger partial charge in [-0.1, -0.05) is 0 Å². The summed E-state index contributed by atoms with van der Waals surface area (Å²) in [5, 5.41) is 28.4. The van der Waals surface area contributed by atoms with Gasteiger partial charge in [0.25, 0.3) is 0 Å². The van der Waals surface area contributed by atoms with E-state index in [0.29, 0.717) is 0 Å². The Labute approximate surface area is 74.5 Å². The average molecular weight is 195 g/mol. The largest absolute Gasteiger partial charge is 0.547 e. The summed E-state index contributed by atoms with van der Waals surface area (Å²) in [5.74, 6) is -1.57. The molecule has 78 valence electrons. The first kappa shape index (κ1) is 12.3. The van der Waals surface area contributed by atoms with Crippen molar-refractivity contribution in [1.82, 2.24) is 6.15 Å². The van der Waals surface area contributed by atoms with E-state index in [1.54, 1.807) is 0 Å². The van der Waals surface area contributed by atoms with Crippen LogP contribution < -0.4 is 11.3 Å². The number of carboxylic acid groups (broad SMARTS) is 1. The number of carbonyl (C=O) groups is 1. The summed E-state index contributed by atoms with van der Waals surface area (Å²) in [6.45, 7) is 0. The molecule has 1 aliphatic rings. The van der Waals surface area contributed by atoms with E-state index >= 15 is 0 Å². The van der Waals surface area contributed by atoms with Crippen molar-refractivity contribution in [1.29, 1.82) is 0 Å². The molecule has 4 atom stereocenters. The number of aliphatic hydroxyl groups excluding tert-OH is 2. The third kappa shape index (κ3) is 2.14. The SMILES string of the molecule is CO[C@H]1O[C@H](C(=O)[O-])[C@@H](O)[C@@H]1O.[NH4+]. The van der Waals surface area contributed by atoms with Gasteiger partial charge in [0, 0.05) is 7.11 Å². The number of carboxylic acids is 1. The maximum atomic E-state index is 10.3. The smallest absolute Gasteiger partial charge is 0.186 e. The fourth-order valence-electron chi connectivity index (χ4n) is 1.04. The van der Waals surface area contributed by atoms with Crippen LogP contribution >= 0.6 is 0 Å². The molecule has 0 amide bonds. The van der Waals surface area contributed by atoms with Crippen LogP contribution in [0.25, 0.3) is 0 Å². The molecule has 0 aromatic rings. The number of rotatable bonds is 2. The van der Waals surface area contributed by atoms with E-state index < -0.39 is 30.6 Å². The van der Waals surface area contributed by atoms with Gasteiger partial charge >= 0.3 is 0 Å². The molecule has 1 aliphatic heterocycles. The lowest BCUT2D eigenvalue weighted by molar-refractivity contribution is -0.320. The zero-order valence-electron chi connectivity index (χ0n) is 7.34. The van der Waals surface area contributed by atoms with Crippen LogP contribution in [-0.4, -0.2) is 47.9 Å². The summed E-state index contributed by atoms with van der Waals surface area (Å²) < 4.78 is 9.16. The quantitative estimate of drug-likeness (QED) is 0.435. The predicted molar refractivity (Wildman–Crippen MR) is 38.7 cm³/mol. The molecule has 0 aliphatic carbocycles. The Bertz CT molecular complexity index is 186. The molecule has 6 N–H and O–H groups in total. The molecule has 0 unspecified atom stereocenters. The molecule has 0 aromatic heterocycles. The van der Waals surface area contributed by atoms with Crippen LogP contribution in [0.3, 0.4) is 0 Å². The molecule has 1 saturated heterocycles. The molecule has 7 nitrogen and oxygen atoms in total. The summed E-state index contributed by atoms with van der Waals surface area (Å²) in [7, 11) is 1.23. The van der Waals surface area contributed by atoms with Gasteiger partial charge < -0.3 is 35.7 Å². The molecule has 1 rings (SSSR count). The molecule has 0 radical (unpaired) electrons. The minimum atomic E-state index is -1.57. The summed E-state index contributed by atoms with van der Waals surface area (Å²) in [6.07, 6.45) is -5.48. The molecule has 0 aromatic carbocycles. The fourth-order valence-corrected chi connectivity index (χ4v) is 1.04. The molecule has 13 heavy (non-hydrogen) atoms. The third-order valence-corrected chi connectivity index (χ3v) is 1.68. The van der Waals surface area contributed by atoms with Crippen molar-refractivity contribution >= 4 is 5.97 Å². The second kappa shape index (κ2) is 4.49. The van der Waals surface area contributed by atoms with E-state index in [-0.39, 0.29) is 6.15 Å². The number of hydrogen-bond acceptors (Lipinski definition) is 6. The van der Waals surface area contributed by atoms with Gasteiger partial charge in [0.2, 0.25) is 0 Å². The zero-order chi connectivity index (χ0) is 9.30. The fraction of sp³-hybridized carbons (Fsp3) is 0.833. The normalized spacial score (nSPS) is 38.4. The van der Waals surface area contributed by atoms with Crippen LogP contribution in [-0.2, 0) is 14.3 Å². The van der Waals surface area contributed by atoms with Crippen LogP contribution in [0.5, 0.6) is 0 Å². The number of methoxy groups -OCH3 is 1. The third-order valence-electron chi connectivity index (χ3n) is 1.68. The van der Waals surface area contributed by atoms with E-state index in [2.05, 4.69) is 9.47 Å². The van der Waals surface area contributed by atoms with Gasteiger partial charge in [0.05, 0.1) is 5.97 Å². The lowest BCUT2D eigenvalue weighted by Gasteiger charge is -2.13. The van der Waals surface area contributed by atoms with E-state index in [1.165, 1.54) is 7.11 Å². The van der Waals surface area contributed by atoms with Crippen molar-refractivity contribution in [3.63, 3.8) is 0 Å². The van der Waals surface area contributed by atoms with Crippen LogP contribution in [0.15, 0.2) is 0 Å². The van der Waals surface area contributed by atoms with Gasteiger partial charge in [0.1, 0.15) is 18.3 Å². The number of ether oxygens (including phenoxy) is 2. The minimum absolute atomic E-state index is 0. The van der Waals surface area contributed by atoms with E-state index in [1.807, 2.05) is 0 Å². The topological polar surface area (TPSA) is 136 Å². The number of hydrogen-bond donors (Lipinski definition) is 3. The van der Waals surface area contributed by atoms with Gasteiger partial charge in [-0.05, 0) is 0 Å². The maximum absolute atomic E-state index is 10.3. The molecule has 0 bridgehead atoms. The monoisotopic (exact) mass is 195 g/mol. The second-order valence-corrected chi connectivity index (χ2v) is 2.46. The van der Waals surface area contributed by atoms with Gasteiger partial charge in [-0.2, -0.15) is 0 Å². The highest BCUT2D eigenvalue weighted by molar-refractivity contribution is 5.71. The van der Waals surface area contributed by atoms with Crippen molar-refractivity contribution in [2.45, 2.75) is 24.6 Å². The van der Waals surface area contributed by atoms with E-state index in [4.69, 9.17) is 10.2 Å². The van der Waals surface area contributed by atoms with Crippen molar-refractivity contribution in [2.24, 2.45) is 0 Å². The second-order valence-electron chi connectivity index (χ2n) is 2.46. The van der Waals surface area contributed by atoms with Gasteiger partial charge in [-0.15, -0.1) is 0 Å². The highest BCUT2D eigenvalue weighted by Crippen LogP contribution is 2.20. The Kier molecular flexibility index (Phi) is 4.24. The molecule has 1 fully saturated rings. The van der Waals surface area contributed by atoms with Crippen LogP contribution in [0.1, 0.15) is 0 Å². The van der Waals surface area contributed by atoms with Crippen LogP contribution in [0.2, 0.25) is 0 Å². The van der Waals surface area contributed by atoms with Gasteiger partial charge in [-0.3, -0.25) is 0 Å². The van der Waals surface area contributed by atoms with Gasteiger partial charge in [-0.25, -0.2) is 0 Å². The van der Waals surface area contributed by atoms with Crippen molar-refractivity contribution in [3.05, 3.63) is 0 Å². The maximum Gasteiger partial charge on any atom is 0.186 e. The molecule has 0 spiro atoms. The molecule has 7 heteroatoms. The van der Waals surface area contributed by atoms with Crippen LogP contribution in [0.4, 0.5) is 0 Å². The lowest BCUT2D eigenvalue weighted by atomic mass is 10.1. The Morgan fingerprint density at radius 2 is 2.00 bits per heavy atom. The molecular formula is C6H13NO6. The standard InChI is InChI=1S/C6H10O6.H3N/c1-11-6-3(8)2(7)4(12-6)5(9)10;/h2-4,6-8H,1H3,(H,9,10);1H3/t2-,3-,4-,6-;/m0./s1. The Morgan fingerprint density at radius 3 is 2.23 bits per heavy atom. The number of aliphatic hydroxyl groups is 2. The summed E-state index contributed by atoms with van der Waals surface area (Å²) >= 11 is 0. The van der Waals surface area contributed by atoms with Crippen molar-refractivity contribution in [2.75, 3.05) is 7.11 Å². The minimum Gasteiger partial charge on any atom is -0.547 e. The zero-order valence-corrected chi connectivity index (χ0v) is 7.34. The van der Waals surface area contributed by atoms with E-state index in [9.17, 15) is 9.90 Å². The van der Waals surface area contributed by atoms with Crippen molar-refractivity contribution in [3.8, 4) is 0 Å². The molecule has 0 saturated carbocycles. The van der Waals surface area contributed by atoms with Crippen LogP contribution in [0, 0.1) is 0 Å². The first-order valence-corrected chi connectivity index (χ1v) is 3.33. The highest BCUT2D eigenvalue weighted by Gasteiger charge is 2.43. The average Bonchev–Trinajstić information content (AvgIpc) is 2.30. The Balaban J connectivity index is 0.00000144. The van der Waals surface area contributed by atoms with E-state index in [0.717, 1.165) is 0 Å². The first-order valence-electron chi connectivity index (χ1n) is 3.33. The predicted octanol–water partition coefficient (Wildman–Crippen LogP) is -2.79. The molecule has 1 heterocycles. The summed E-state index contributed by atoms with van der Waals surface area (Å²) in [6, 6.07) is 0. The first-order chi connectivity index (χ1) is 5.57. The summed E-state index contributed by atoms with van der Waals surface area (Å²) in [4.78, 5) is 10.3. The number of quaternary nitrogens is 1. The number of aliphatic carboxylic acids is 1. The Morgan fingerprint density at radius 1 is 1.46 bits per heavy atom.